The number of aryl methyl sites for hydroxylation is 1. The van der Waals surface area contributed by atoms with Gasteiger partial charge >= 0.3 is 0 Å². The van der Waals surface area contributed by atoms with Gasteiger partial charge in [0, 0.05) is 19.6 Å². The van der Waals surface area contributed by atoms with Crippen LogP contribution < -0.4 is 10.2 Å². The van der Waals surface area contributed by atoms with Crippen molar-refractivity contribution in [3.63, 3.8) is 0 Å². The lowest BCUT2D eigenvalue weighted by molar-refractivity contribution is 0.0948. The molecule has 0 saturated carbocycles. The monoisotopic (exact) mass is 363 g/mol. The van der Waals surface area contributed by atoms with Crippen molar-refractivity contribution in [2.45, 2.75) is 13.5 Å². The van der Waals surface area contributed by atoms with Gasteiger partial charge in [-0.15, -0.1) is 0 Å². The molecular weight excluding hydrogens is 345 g/mol. The van der Waals surface area contributed by atoms with E-state index in [1.165, 1.54) is 12.1 Å². The van der Waals surface area contributed by atoms with Crippen LogP contribution in [0.2, 0.25) is 5.15 Å². The van der Waals surface area contributed by atoms with E-state index in [0.717, 1.165) is 5.56 Å². The third-order valence-corrected chi connectivity index (χ3v) is 4.24. The Balaban J connectivity index is 1.83. The predicted octanol–water partition coefficient (Wildman–Crippen LogP) is 2.95. The number of benzene rings is 1. The molecule has 1 aromatic heterocycles. The lowest BCUT2D eigenvalue weighted by atomic mass is 10.1. The summed E-state index contributed by atoms with van der Waals surface area (Å²) >= 11 is 6.09. The Kier molecular flexibility index (Phi) is 5.50. The van der Waals surface area contributed by atoms with Crippen LogP contribution in [0, 0.1) is 12.7 Å². The average molecular weight is 364 g/mol. The smallest absolute Gasteiger partial charge is 0.255 e. The quantitative estimate of drug-likeness (QED) is 0.848. The highest BCUT2D eigenvalue weighted by atomic mass is 35.5. The van der Waals surface area contributed by atoms with Crippen molar-refractivity contribution in [1.82, 2.24) is 10.3 Å². The van der Waals surface area contributed by atoms with E-state index in [1.807, 2.05) is 11.8 Å². The van der Waals surface area contributed by atoms with E-state index < -0.39 is 0 Å². The number of morpholine rings is 1. The van der Waals surface area contributed by atoms with Gasteiger partial charge in [-0.1, -0.05) is 23.7 Å². The number of ether oxygens (including phenoxy) is 1. The molecule has 0 aliphatic carbocycles. The highest BCUT2D eigenvalue weighted by Gasteiger charge is 2.23. The van der Waals surface area contributed by atoms with E-state index >= 15 is 0 Å². The van der Waals surface area contributed by atoms with Gasteiger partial charge in [-0.05, 0) is 36.2 Å². The molecule has 0 unspecified atom stereocenters. The number of carbonyl (C=O) groups excluding carboxylic acids is 1. The van der Waals surface area contributed by atoms with Crippen molar-refractivity contribution in [2.75, 3.05) is 31.2 Å². The Bertz CT molecular complexity index is 779. The van der Waals surface area contributed by atoms with E-state index in [-0.39, 0.29) is 18.3 Å². The predicted molar refractivity (Wildman–Crippen MR) is 94.6 cm³/mol. The minimum absolute atomic E-state index is 0.237. The Morgan fingerprint density at radius 3 is 2.84 bits per heavy atom. The number of anilines is 1. The third-order valence-electron chi connectivity index (χ3n) is 4.05. The zero-order valence-electron chi connectivity index (χ0n) is 13.9. The second-order valence-electron chi connectivity index (χ2n) is 5.87. The first-order chi connectivity index (χ1) is 12.0. The lowest BCUT2D eigenvalue weighted by Gasteiger charge is -2.29. The van der Waals surface area contributed by atoms with Crippen molar-refractivity contribution >= 4 is 23.3 Å². The number of amides is 1. The molecule has 25 heavy (non-hydrogen) atoms. The van der Waals surface area contributed by atoms with Crippen molar-refractivity contribution < 1.29 is 13.9 Å². The van der Waals surface area contributed by atoms with Gasteiger partial charge in [0.15, 0.2) is 0 Å². The Morgan fingerprint density at radius 1 is 1.36 bits per heavy atom. The maximum absolute atomic E-state index is 13.3. The molecule has 1 fully saturated rings. The number of aromatic nitrogens is 1. The molecule has 0 atom stereocenters. The van der Waals surface area contributed by atoms with Crippen LogP contribution in [0.15, 0.2) is 30.3 Å². The molecule has 0 radical (unpaired) electrons. The summed E-state index contributed by atoms with van der Waals surface area (Å²) in [6, 6.07) is 7.82. The van der Waals surface area contributed by atoms with Gasteiger partial charge < -0.3 is 15.0 Å². The molecular formula is C18H19ClFN3O2. The number of carbonyl (C=O) groups is 1. The largest absolute Gasteiger partial charge is 0.378 e. The number of hydrogen-bond acceptors (Lipinski definition) is 4. The maximum atomic E-state index is 13.3. The van der Waals surface area contributed by atoms with Gasteiger partial charge in [-0.2, -0.15) is 0 Å². The molecule has 2 heterocycles. The lowest BCUT2D eigenvalue weighted by Crippen LogP contribution is -2.38. The molecule has 1 aromatic carbocycles. The van der Waals surface area contributed by atoms with Gasteiger partial charge in [0.05, 0.1) is 18.8 Å². The molecule has 1 N–H and O–H groups in total. The maximum Gasteiger partial charge on any atom is 0.255 e. The zero-order chi connectivity index (χ0) is 17.8. The fraction of sp³-hybridized carbons (Fsp3) is 0.333. The first kappa shape index (κ1) is 17.6. The highest BCUT2D eigenvalue weighted by Crippen LogP contribution is 2.25. The van der Waals surface area contributed by atoms with Crippen molar-refractivity contribution in [3.05, 3.63) is 58.0 Å². The van der Waals surface area contributed by atoms with Crippen molar-refractivity contribution in [1.29, 1.82) is 0 Å². The van der Waals surface area contributed by atoms with Crippen molar-refractivity contribution in [3.8, 4) is 0 Å². The van der Waals surface area contributed by atoms with Gasteiger partial charge in [-0.25, -0.2) is 9.37 Å². The Labute approximate surface area is 150 Å². The normalized spacial score (nSPS) is 14.4. The molecule has 3 rings (SSSR count). The summed E-state index contributed by atoms with van der Waals surface area (Å²) in [6.07, 6.45) is 0. The molecule has 1 aliphatic heterocycles. The number of pyridine rings is 1. The molecule has 1 saturated heterocycles. The molecule has 2 aromatic rings. The van der Waals surface area contributed by atoms with E-state index in [0.29, 0.717) is 48.4 Å². The second kappa shape index (κ2) is 7.80. The zero-order valence-corrected chi connectivity index (χ0v) is 14.6. The van der Waals surface area contributed by atoms with Crippen LogP contribution in [0.1, 0.15) is 21.5 Å². The fourth-order valence-corrected chi connectivity index (χ4v) is 3.06. The van der Waals surface area contributed by atoms with E-state index in [4.69, 9.17) is 16.3 Å². The molecule has 1 aliphatic rings. The van der Waals surface area contributed by atoms with Crippen LogP contribution in [-0.2, 0) is 11.3 Å². The summed E-state index contributed by atoms with van der Waals surface area (Å²) in [5, 5.41) is 3.18. The molecule has 7 heteroatoms. The van der Waals surface area contributed by atoms with E-state index in [1.54, 1.807) is 18.2 Å². The minimum atomic E-state index is -0.329. The molecule has 1 amide bonds. The SMILES string of the molecule is Cc1cc(Cl)nc(N2CCOCC2)c1C(=O)NCc1cccc(F)c1. The second-order valence-corrected chi connectivity index (χ2v) is 6.26. The first-order valence-corrected chi connectivity index (χ1v) is 8.45. The van der Waals surface area contributed by atoms with Gasteiger partial charge in [0.2, 0.25) is 0 Å². The highest BCUT2D eigenvalue weighted by molar-refractivity contribution is 6.29. The average Bonchev–Trinajstić information content (AvgIpc) is 2.60. The summed E-state index contributed by atoms with van der Waals surface area (Å²) in [7, 11) is 0. The van der Waals surface area contributed by atoms with Crippen LogP contribution >= 0.6 is 11.6 Å². The van der Waals surface area contributed by atoms with Crippen LogP contribution in [-0.4, -0.2) is 37.2 Å². The molecule has 5 nitrogen and oxygen atoms in total. The number of halogens is 2. The number of rotatable bonds is 4. The van der Waals surface area contributed by atoms with Gasteiger partial charge in [0.25, 0.3) is 5.91 Å². The number of hydrogen-bond donors (Lipinski definition) is 1. The Hall–Kier alpha value is -2.18. The molecule has 0 bridgehead atoms. The topological polar surface area (TPSA) is 54.5 Å². The Morgan fingerprint density at radius 2 is 2.12 bits per heavy atom. The summed E-state index contributed by atoms with van der Waals surface area (Å²) in [5.74, 6) is -0.0254. The van der Waals surface area contributed by atoms with E-state index in [2.05, 4.69) is 10.3 Å². The summed E-state index contributed by atoms with van der Waals surface area (Å²) in [5.41, 5.74) is 1.93. The fourth-order valence-electron chi connectivity index (χ4n) is 2.82. The van der Waals surface area contributed by atoms with E-state index in [9.17, 15) is 9.18 Å². The van der Waals surface area contributed by atoms with Crippen LogP contribution in [0.5, 0.6) is 0 Å². The van der Waals surface area contributed by atoms with Crippen LogP contribution in [0.25, 0.3) is 0 Å². The first-order valence-electron chi connectivity index (χ1n) is 8.07. The van der Waals surface area contributed by atoms with Gasteiger partial charge in [-0.3, -0.25) is 4.79 Å². The third kappa shape index (κ3) is 4.27. The number of nitrogens with one attached hydrogen (secondary N) is 1. The summed E-state index contributed by atoms with van der Waals surface area (Å²) < 4.78 is 18.6. The van der Waals surface area contributed by atoms with Gasteiger partial charge in [0.1, 0.15) is 16.8 Å². The minimum Gasteiger partial charge on any atom is -0.378 e. The van der Waals surface area contributed by atoms with Crippen LogP contribution in [0.4, 0.5) is 10.2 Å². The number of nitrogens with zero attached hydrogens (tertiary/aromatic N) is 2. The standard InChI is InChI=1S/C18H19ClFN3O2/c1-12-9-15(19)22-17(23-5-7-25-8-6-23)16(12)18(24)21-11-13-3-2-4-14(20)10-13/h2-4,9-10H,5-8,11H2,1H3,(H,21,24). The summed E-state index contributed by atoms with van der Waals surface area (Å²) in [4.78, 5) is 19.1. The molecule has 132 valence electrons. The molecule has 0 spiro atoms. The summed E-state index contributed by atoms with van der Waals surface area (Å²) in [6.45, 7) is 4.53. The van der Waals surface area contributed by atoms with Crippen molar-refractivity contribution in [2.24, 2.45) is 0 Å². The van der Waals surface area contributed by atoms with Crippen LogP contribution in [0.3, 0.4) is 0 Å².